The van der Waals surface area contributed by atoms with Crippen LogP contribution in [0.25, 0.3) is 0 Å². The molecule has 122 valence electrons. The van der Waals surface area contributed by atoms with Gasteiger partial charge < -0.3 is 9.80 Å². The molecular weight excluding hydrogens is 314 g/mol. The van der Waals surface area contributed by atoms with Gasteiger partial charge in [-0.05, 0) is 24.3 Å². The molecular formula is C17H14F2N4O. The van der Waals surface area contributed by atoms with E-state index in [1.807, 2.05) is 11.0 Å². The largest absolute Gasteiger partial charge is 0.353 e. The quantitative estimate of drug-likeness (QED) is 0.848. The second kappa shape index (κ2) is 6.62. The van der Waals surface area contributed by atoms with Gasteiger partial charge in [0.25, 0.3) is 5.91 Å². The highest BCUT2D eigenvalue weighted by molar-refractivity contribution is 5.94. The van der Waals surface area contributed by atoms with Crippen molar-refractivity contribution in [3.05, 3.63) is 59.3 Å². The van der Waals surface area contributed by atoms with Crippen LogP contribution >= 0.6 is 0 Å². The lowest BCUT2D eigenvalue weighted by molar-refractivity contribution is 0.0745. The molecule has 0 spiro atoms. The first-order valence-electron chi connectivity index (χ1n) is 7.43. The molecule has 2 aromatic rings. The van der Waals surface area contributed by atoms with E-state index in [1.165, 1.54) is 6.20 Å². The monoisotopic (exact) mass is 328 g/mol. The van der Waals surface area contributed by atoms with Gasteiger partial charge in [-0.15, -0.1) is 0 Å². The van der Waals surface area contributed by atoms with Gasteiger partial charge in [0.2, 0.25) is 0 Å². The summed E-state index contributed by atoms with van der Waals surface area (Å²) >= 11 is 0. The van der Waals surface area contributed by atoms with Gasteiger partial charge in [0, 0.05) is 44.0 Å². The number of aromatic nitrogens is 1. The number of carbonyl (C=O) groups excluding carboxylic acids is 1. The molecule has 5 nitrogen and oxygen atoms in total. The fourth-order valence-electron chi connectivity index (χ4n) is 2.64. The van der Waals surface area contributed by atoms with Crippen LogP contribution in [-0.4, -0.2) is 42.0 Å². The normalized spacial score (nSPS) is 14.4. The topological polar surface area (TPSA) is 60.2 Å². The van der Waals surface area contributed by atoms with Crippen LogP contribution in [0.4, 0.5) is 14.6 Å². The van der Waals surface area contributed by atoms with E-state index in [-0.39, 0.29) is 11.5 Å². The molecule has 1 aromatic carbocycles. The summed E-state index contributed by atoms with van der Waals surface area (Å²) in [6.45, 7) is 1.97. The molecule has 1 aliphatic rings. The number of piperazine rings is 1. The number of halogens is 2. The molecule has 0 N–H and O–H groups in total. The first kappa shape index (κ1) is 15.9. The zero-order valence-electron chi connectivity index (χ0n) is 12.7. The minimum absolute atomic E-state index is 0.0115. The maximum atomic E-state index is 13.3. The first-order valence-corrected chi connectivity index (χ1v) is 7.43. The van der Waals surface area contributed by atoms with Crippen molar-refractivity contribution >= 4 is 11.7 Å². The number of hydrogen-bond donors (Lipinski definition) is 0. The van der Waals surface area contributed by atoms with Gasteiger partial charge in [-0.1, -0.05) is 0 Å². The zero-order chi connectivity index (χ0) is 17.1. The molecule has 24 heavy (non-hydrogen) atoms. The molecule has 2 heterocycles. The van der Waals surface area contributed by atoms with E-state index in [2.05, 4.69) is 4.98 Å². The van der Waals surface area contributed by atoms with E-state index in [0.717, 1.165) is 24.0 Å². The molecule has 3 rings (SSSR count). The highest BCUT2D eigenvalue weighted by atomic mass is 19.1. The zero-order valence-corrected chi connectivity index (χ0v) is 12.7. The molecule has 0 saturated carbocycles. The number of rotatable bonds is 2. The Hall–Kier alpha value is -3.01. The summed E-state index contributed by atoms with van der Waals surface area (Å²) in [6, 6.07) is 8.29. The maximum absolute atomic E-state index is 13.3. The summed E-state index contributed by atoms with van der Waals surface area (Å²) in [7, 11) is 0. The van der Waals surface area contributed by atoms with Crippen molar-refractivity contribution in [3.63, 3.8) is 0 Å². The molecule has 0 unspecified atom stereocenters. The minimum Gasteiger partial charge on any atom is -0.353 e. The van der Waals surface area contributed by atoms with Crippen LogP contribution in [0, 0.1) is 23.0 Å². The summed E-state index contributed by atoms with van der Waals surface area (Å²) in [6.07, 6.45) is 1.50. The lowest BCUT2D eigenvalue weighted by Crippen LogP contribution is -2.49. The molecule has 1 fully saturated rings. The Morgan fingerprint density at radius 2 is 1.75 bits per heavy atom. The van der Waals surface area contributed by atoms with Crippen LogP contribution in [0.15, 0.2) is 36.5 Å². The summed E-state index contributed by atoms with van der Waals surface area (Å²) in [5.41, 5.74) is 0.498. The Morgan fingerprint density at radius 1 is 1.08 bits per heavy atom. The average Bonchev–Trinajstić information content (AvgIpc) is 2.60. The molecule has 1 aliphatic heterocycles. The average molecular weight is 328 g/mol. The lowest BCUT2D eigenvalue weighted by Gasteiger charge is -2.35. The highest BCUT2D eigenvalue weighted by Crippen LogP contribution is 2.16. The number of nitriles is 1. The van der Waals surface area contributed by atoms with Crippen LogP contribution in [0.2, 0.25) is 0 Å². The molecule has 0 radical (unpaired) electrons. The van der Waals surface area contributed by atoms with E-state index < -0.39 is 11.6 Å². The smallest absolute Gasteiger partial charge is 0.254 e. The Balaban J connectivity index is 1.66. The third kappa shape index (κ3) is 3.33. The molecule has 0 aliphatic carbocycles. The van der Waals surface area contributed by atoms with E-state index in [0.29, 0.717) is 31.7 Å². The van der Waals surface area contributed by atoms with Gasteiger partial charge in [0.1, 0.15) is 23.5 Å². The number of nitrogens with zero attached hydrogens (tertiary/aromatic N) is 4. The van der Waals surface area contributed by atoms with Crippen molar-refractivity contribution in [2.45, 2.75) is 0 Å². The Bertz CT molecular complexity index is 773. The van der Waals surface area contributed by atoms with Gasteiger partial charge in [-0.3, -0.25) is 4.79 Å². The predicted octanol–water partition coefficient (Wildman–Crippen LogP) is 2.19. The third-order valence-corrected chi connectivity index (χ3v) is 3.88. The summed E-state index contributed by atoms with van der Waals surface area (Å²) < 4.78 is 26.5. The molecule has 0 bridgehead atoms. The van der Waals surface area contributed by atoms with Crippen LogP contribution < -0.4 is 4.90 Å². The Morgan fingerprint density at radius 3 is 2.29 bits per heavy atom. The summed E-state index contributed by atoms with van der Waals surface area (Å²) in [4.78, 5) is 20.1. The summed E-state index contributed by atoms with van der Waals surface area (Å²) in [5, 5.41) is 8.78. The Kier molecular flexibility index (Phi) is 4.38. The van der Waals surface area contributed by atoms with Gasteiger partial charge in [-0.25, -0.2) is 13.8 Å². The second-order valence-corrected chi connectivity index (χ2v) is 5.45. The number of pyridine rings is 1. The molecule has 7 heteroatoms. The van der Waals surface area contributed by atoms with Crippen molar-refractivity contribution in [2.75, 3.05) is 31.1 Å². The molecule has 1 saturated heterocycles. The number of amides is 1. The van der Waals surface area contributed by atoms with Crippen LogP contribution in [0.5, 0.6) is 0 Å². The molecule has 1 amide bonds. The fraction of sp³-hybridized carbons (Fsp3) is 0.235. The standard InChI is InChI=1S/C17H14F2N4O/c18-14-7-13(8-15(19)9-14)17(24)23-5-3-22(4-6-23)16-2-1-12(10-20)11-21-16/h1-2,7-9,11H,3-6H2. The second-order valence-electron chi connectivity index (χ2n) is 5.45. The number of anilines is 1. The lowest BCUT2D eigenvalue weighted by atomic mass is 10.1. The van der Waals surface area contributed by atoms with Crippen molar-refractivity contribution < 1.29 is 13.6 Å². The van der Waals surface area contributed by atoms with E-state index in [9.17, 15) is 13.6 Å². The predicted molar refractivity (Wildman–Crippen MR) is 83.4 cm³/mol. The van der Waals surface area contributed by atoms with Gasteiger partial charge in [0.05, 0.1) is 5.56 Å². The number of hydrogen-bond acceptors (Lipinski definition) is 4. The fourth-order valence-corrected chi connectivity index (χ4v) is 2.64. The van der Waals surface area contributed by atoms with Gasteiger partial charge >= 0.3 is 0 Å². The van der Waals surface area contributed by atoms with E-state index in [1.54, 1.807) is 17.0 Å². The van der Waals surface area contributed by atoms with E-state index >= 15 is 0 Å². The van der Waals surface area contributed by atoms with Crippen LogP contribution in [0.1, 0.15) is 15.9 Å². The van der Waals surface area contributed by atoms with Crippen molar-refractivity contribution in [1.29, 1.82) is 5.26 Å². The van der Waals surface area contributed by atoms with Gasteiger partial charge in [0.15, 0.2) is 0 Å². The highest BCUT2D eigenvalue weighted by Gasteiger charge is 2.23. The van der Waals surface area contributed by atoms with Crippen molar-refractivity contribution in [2.24, 2.45) is 0 Å². The Labute approximate surface area is 137 Å². The molecule has 1 aromatic heterocycles. The minimum atomic E-state index is -0.765. The SMILES string of the molecule is N#Cc1ccc(N2CCN(C(=O)c3cc(F)cc(F)c3)CC2)nc1. The van der Waals surface area contributed by atoms with Crippen molar-refractivity contribution in [3.8, 4) is 6.07 Å². The van der Waals surface area contributed by atoms with Gasteiger partial charge in [-0.2, -0.15) is 5.26 Å². The van der Waals surface area contributed by atoms with Crippen LogP contribution in [0.3, 0.4) is 0 Å². The van der Waals surface area contributed by atoms with Crippen LogP contribution in [-0.2, 0) is 0 Å². The number of carbonyl (C=O) groups is 1. The van der Waals surface area contributed by atoms with Crippen molar-refractivity contribution in [1.82, 2.24) is 9.88 Å². The third-order valence-electron chi connectivity index (χ3n) is 3.88. The first-order chi connectivity index (χ1) is 11.6. The number of benzene rings is 1. The summed E-state index contributed by atoms with van der Waals surface area (Å²) in [5.74, 6) is -1.18. The molecule has 0 atom stereocenters. The maximum Gasteiger partial charge on any atom is 0.254 e. The van der Waals surface area contributed by atoms with E-state index in [4.69, 9.17) is 5.26 Å².